The molecule has 0 fully saturated rings. The van der Waals surface area contributed by atoms with Crippen LogP contribution >= 0.6 is 0 Å². The topological polar surface area (TPSA) is 29.5 Å². The minimum absolute atomic E-state index is 0.205. The number of benzene rings is 4. The Morgan fingerprint density at radius 3 is 1.92 bits per heavy atom. The van der Waals surface area contributed by atoms with Crippen molar-refractivity contribution in [2.45, 2.75) is 13.5 Å². The van der Waals surface area contributed by atoms with Gasteiger partial charge in [-0.25, -0.2) is 0 Å². The van der Waals surface area contributed by atoms with Crippen LogP contribution in [0.1, 0.15) is 11.1 Å². The van der Waals surface area contributed by atoms with Gasteiger partial charge in [0.05, 0.1) is 0 Å². The number of aryl methyl sites for hydroxylation is 1. The van der Waals surface area contributed by atoms with Gasteiger partial charge in [0.25, 0.3) is 0 Å². The molecule has 118 valence electrons. The van der Waals surface area contributed by atoms with Gasteiger partial charge >= 0.3 is 0 Å². The predicted molar refractivity (Wildman–Crippen MR) is 98.6 cm³/mol. The van der Waals surface area contributed by atoms with Crippen LogP contribution in [0.2, 0.25) is 0 Å². The second-order valence-corrected chi connectivity index (χ2v) is 6.04. The average Bonchev–Trinajstić information content (AvgIpc) is 2.63. The summed E-state index contributed by atoms with van der Waals surface area (Å²) in [6.45, 7) is 2.49. The van der Waals surface area contributed by atoms with Gasteiger partial charge in [-0.3, -0.25) is 0 Å². The summed E-state index contributed by atoms with van der Waals surface area (Å²) in [6, 6.07) is 24.1. The van der Waals surface area contributed by atoms with Crippen molar-refractivity contribution in [3.8, 4) is 11.5 Å². The Kier molecular flexibility index (Phi) is 3.58. The highest BCUT2D eigenvalue weighted by atomic mass is 16.5. The summed E-state index contributed by atoms with van der Waals surface area (Å²) in [4.78, 5) is 0. The molecule has 0 amide bonds. The van der Waals surface area contributed by atoms with Crippen molar-refractivity contribution in [1.82, 2.24) is 0 Å². The third-order valence-corrected chi connectivity index (χ3v) is 4.36. The fourth-order valence-electron chi connectivity index (χ4n) is 3.08. The Balaban J connectivity index is 1.83. The van der Waals surface area contributed by atoms with E-state index in [0.29, 0.717) is 12.4 Å². The highest BCUT2D eigenvalue weighted by Crippen LogP contribution is 2.42. The van der Waals surface area contributed by atoms with Crippen LogP contribution < -0.4 is 4.74 Å². The maximum absolute atomic E-state index is 10.7. The third-order valence-electron chi connectivity index (χ3n) is 4.36. The lowest BCUT2D eigenvalue weighted by Crippen LogP contribution is -1.97. The van der Waals surface area contributed by atoms with Gasteiger partial charge < -0.3 is 9.84 Å². The molecular weight excluding hydrogens is 296 g/mol. The molecule has 4 rings (SSSR count). The standard InChI is InChI=1S/C22H18O2/c1-15-10-12-16(13-11-15)14-24-22-20-9-5-3-7-18(20)17-6-2-4-8-19(17)21(22)23/h2-13,23H,14H2,1H3. The third kappa shape index (κ3) is 2.46. The van der Waals surface area contributed by atoms with Gasteiger partial charge in [0, 0.05) is 10.8 Å². The normalized spacial score (nSPS) is 11.0. The number of fused-ring (bicyclic) bond motifs is 3. The summed E-state index contributed by atoms with van der Waals surface area (Å²) in [5, 5.41) is 14.6. The highest BCUT2D eigenvalue weighted by Gasteiger charge is 2.14. The Hall–Kier alpha value is -3.00. The van der Waals surface area contributed by atoms with Crippen LogP contribution in [0.3, 0.4) is 0 Å². The van der Waals surface area contributed by atoms with Crippen LogP contribution in [0.15, 0.2) is 72.8 Å². The van der Waals surface area contributed by atoms with Gasteiger partial charge in [-0.15, -0.1) is 0 Å². The summed E-state index contributed by atoms with van der Waals surface area (Å²) in [6.07, 6.45) is 0. The largest absolute Gasteiger partial charge is 0.504 e. The summed E-state index contributed by atoms with van der Waals surface area (Å²) in [7, 11) is 0. The molecule has 0 radical (unpaired) electrons. The van der Waals surface area contributed by atoms with E-state index in [2.05, 4.69) is 37.3 Å². The van der Waals surface area contributed by atoms with Gasteiger partial charge in [0.1, 0.15) is 6.61 Å². The van der Waals surface area contributed by atoms with Crippen molar-refractivity contribution in [1.29, 1.82) is 0 Å². The van der Waals surface area contributed by atoms with Crippen molar-refractivity contribution in [3.05, 3.63) is 83.9 Å². The molecular formula is C22H18O2. The molecule has 1 N–H and O–H groups in total. The van der Waals surface area contributed by atoms with E-state index >= 15 is 0 Å². The second kappa shape index (κ2) is 5.89. The first kappa shape index (κ1) is 14.6. The number of phenols is 1. The summed E-state index contributed by atoms with van der Waals surface area (Å²) >= 11 is 0. The molecule has 0 heterocycles. The Bertz CT molecular complexity index is 1020. The fourth-order valence-corrected chi connectivity index (χ4v) is 3.08. The number of hydrogen-bond acceptors (Lipinski definition) is 2. The Labute approximate surface area is 140 Å². The van der Waals surface area contributed by atoms with Crippen molar-refractivity contribution in [2.24, 2.45) is 0 Å². The first-order valence-electron chi connectivity index (χ1n) is 8.05. The monoisotopic (exact) mass is 314 g/mol. The quantitative estimate of drug-likeness (QED) is 0.500. The first-order chi connectivity index (χ1) is 11.7. The molecule has 2 nitrogen and oxygen atoms in total. The zero-order valence-electron chi connectivity index (χ0n) is 13.5. The zero-order valence-corrected chi connectivity index (χ0v) is 13.5. The van der Waals surface area contributed by atoms with E-state index < -0.39 is 0 Å². The van der Waals surface area contributed by atoms with Crippen LogP contribution in [0.5, 0.6) is 11.5 Å². The van der Waals surface area contributed by atoms with E-state index in [1.807, 2.05) is 42.5 Å². The highest BCUT2D eigenvalue weighted by molar-refractivity contribution is 6.13. The molecule has 0 atom stereocenters. The van der Waals surface area contributed by atoms with E-state index in [-0.39, 0.29) is 5.75 Å². The van der Waals surface area contributed by atoms with Crippen LogP contribution in [0.25, 0.3) is 21.5 Å². The minimum atomic E-state index is 0.205. The van der Waals surface area contributed by atoms with Crippen LogP contribution in [0.4, 0.5) is 0 Å². The minimum Gasteiger partial charge on any atom is -0.504 e. The number of phenolic OH excluding ortho intramolecular Hbond substituents is 1. The Morgan fingerprint density at radius 1 is 0.708 bits per heavy atom. The smallest absolute Gasteiger partial charge is 0.169 e. The molecule has 4 aromatic carbocycles. The lowest BCUT2D eigenvalue weighted by Gasteiger charge is -2.14. The van der Waals surface area contributed by atoms with E-state index in [1.54, 1.807) is 0 Å². The lowest BCUT2D eigenvalue weighted by molar-refractivity contribution is 0.294. The van der Waals surface area contributed by atoms with Crippen molar-refractivity contribution in [2.75, 3.05) is 0 Å². The maximum Gasteiger partial charge on any atom is 0.169 e. The number of rotatable bonds is 3. The second-order valence-electron chi connectivity index (χ2n) is 6.04. The molecule has 0 saturated heterocycles. The molecule has 24 heavy (non-hydrogen) atoms. The van der Waals surface area contributed by atoms with Gasteiger partial charge in [-0.1, -0.05) is 78.4 Å². The molecule has 2 heteroatoms. The molecule has 0 unspecified atom stereocenters. The number of aromatic hydroxyl groups is 1. The van der Waals surface area contributed by atoms with Crippen molar-refractivity contribution < 1.29 is 9.84 Å². The van der Waals surface area contributed by atoms with Crippen LogP contribution in [-0.4, -0.2) is 5.11 Å². The van der Waals surface area contributed by atoms with Gasteiger partial charge in [0.2, 0.25) is 0 Å². The molecule has 0 spiro atoms. The fraction of sp³-hybridized carbons (Fsp3) is 0.0909. The van der Waals surface area contributed by atoms with Crippen molar-refractivity contribution in [3.63, 3.8) is 0 Å². The molecule has 0 aliphatic carbocycles. The molecule has 0 aliphatic heterocycles. The van der Waals surface area contributed by atoms with Crippen LogP contribution in [-0.2, 0) is 6.61 Å². The molecule has 0 aromatic heterocycles. The van der Waals surface area contributed by atoms with E-state index in [1.165, 1.54) is 5.56 Å². The summed E-state index contributed by atoms with van der Waals surface area (Å²) in [5.74, 6) is 0.751. The maximum atomic E-state index is 10.7. The van der Waals surface area contributed by atoms with Crippen LogP contribution in [0, 0.1) is 6.92 Å². The average molecular weight is 314 g/mol. The first-order valence-corrected chi connectivity index (χ1v) is 8.05. The SMILES string of the molecule is Cc1ccc(COc2c(O)c3ccccc3c3ccccc23)cc1. The number of ether oxygens (including phenoxy) is 1. The van der Waals surface area contributed by atoms with E-state index in [0.717, 1.165) is 27.1 Å². The molecule has 4 aromatic rings. The van der Waals surface area contributed by atoms with Gasteiger partial charge in [-0.2, -0.15) is 0 Å². The Morgan fingerprint density at radius 2 is 1.25 bits per heavy atom. The van der Waals surface area contributed by atoms with Crippen molar-refractivity contribution >= 4 is 21.5 Å². The van der Waals surface area contributed by atoms with E-state index in [9.17, 15) is 5.11 Å². The molecule has 0 saturated carbocycles. The summed E-state index contributed by atoms with van der Waals surface area (Å²) < 4.78 is 6.03. The molecule has 0 aliphatic rings. The van der Waals surface area contributed by atoms with E-state index in [4.69, 9.17) is 4.74 Å². The molecule has 0 bridgehead atoms. The number of hydrogen-bond donors (Lipinski definition) is 1. The lowest BCUT2D eigenvalue weighted by atomic mass is 10.00. The predicted octanol–water partition coefficient (Wildman–Crippen LogP) is 5.59. The van der Waals surface area contributed by atoms with Gasteiger partial charge in [-0.05, 0) is 23.3 Å². The summed E-state index contributed by atoms with van der Waals surface area (Å²) in [5.41, 5.74) is 2.30. The van der Waals surface area contributed by atoms with Gasteiger partial charge in [0.15, 0.2) is 11.5 Å². The zero-order chi connectivity index (χ0) is 16.5.